The van der Waals surface area contributed by atoms with Gasteiger partial charge in [0.15, 0.2) is 0 Å². The Hall–Kier alpha value is -0.300. The summed E-state index contributed by atoms with van der Waals surface area (Å²) in [6.07, 6.45) is 0. The van der Waals surface area contributed by atoms with Crippen molar-refractivity contribution in [2.24, 2.45) is 0 Å². The molecule has 0 aliphatic rings. The highest BCUT2D eigenvalue weighted by atomic mass is 32.1. The molecule has 0 aliphatic heterocycles. The third kappa shape index (κ3) is 1.03. The van der Waals surface area contributed by atoms with E-state index in [0.717, 1.165) is 0 Å². The Balaban J connectivity index is 3.04. The fraction of sp³-hybridized carbons (Fsp3) is 0.333. The smallest absolute Gasteiger partial charge is 0.0322 e. The van der Waals surface area contributed by atoms with E-state index >= 15 is 0 Å². The molecule has 1 aromatic heterocycles. The van der Waals surface area contributed by atoms with E-state index in [1.807, 2.05) is 0 Å². The standard InChI is InChI=1S/C6H8S/c1-5-3-4-6(2)7-5/h3-4H,1-2H3/p+1. The van der Waals surface area contributed by atoms with Crippen molar-refractivity contribution in [3.05, 3.63) is 21.9 Å². The van der Waals surface area contributed by atoms with Crippen LogP contribution in [0.15, 0.2) is 12.1 Å². The minimum Gasteiger partial charge on any atom is -0.0322 e. The molecule has 0 atom stereocenters. The van der Waals surface area contributed by atoms with Crippen LogP contribution >= 0.6 is 11.3 Å². The van der Waals surface area contributed by atoms with Gasteiger partial charge in [-0.25, -0.2) is 0 Å². The Morgan fingerprint density at radius 1 is 1.14 bits per heavy atom. The summed E-state index contributed by atoms with van der Waals surface area (Å²) in [4.78, 5) is 2.91. The first-order valence-corrected chi connectivity index (χ1v) is 3.25. The molecule has 1 aromatic rings. The lowest BCUT2D eigenvalue weighted by atomic mass is 10.5. The first kappa shape index (κ1) is 4.85. The Morgan fingerprint density at radius 3 is 1.71 bits per heavy atom. The average molecular weight is 113 g/mol. The maximum Gasteiger partial charge on any atom is 0.145 e. The van der Waals surface area contributed by atoms with Gasteiger partial charge in [-0.2, -0.15) is 0 Å². The van der Waals surface area contributed by atoms with Crippen LogP contribution in [-0.4, -0.2) is 0 Å². The molecule has 0 N–H and O–H groups in total. The fourth-order valence-electron chi connectivity index (χ4n) is 0.594. The van der Waals surface area contributed by atoms with Crippen molar-refractivity contribution < 1.29 is 0 Å². The van der Waals surface area contributed by atoms with E-state index in [2.05, 4.69) is 26.0 Å². The minimum absolute atomic E-state index is 1.41. The van der Waals surface area contributed by atoms with Crippen molar-refractivity contribution >= 4 is 11.3 Å². The van der Waals surface area contributed by atoms with Crippen molar-refractivity contribution in [1.82, 2.24) is 0 Å². The van der Waals surface area contributed by atoms with E-state index in [9.17, 15) is 0 Å². The van der Waals surface area contributed by atoms with Crippen LogP contribution in [0.2, 0.25) is 0 Å². The highest BCUT2D eigenvalue weighted by molar-refractivity contribution is 7.11. The highest BCUT2D eigenvalue weighted by Crippen LogP contribution is 2.11. The third-order valence-corrected chi connectivity index (χ3v) is 1.92. The van der Waals surface area contributed by atoms with Crippen LogP contribution in [0.3, 0.4) is 0 Å². The fourth-order valence-corrected chi connectivity index (χ4v) is 1.45. The first-order valence-electron chi connectivity index (χ1n) is 2.36. The first-order chi connectivity index (χ1) is 3.29. The monoisotopic (exact) mass is 113 g/mol. The second-order valence-electron chi connectivity index (χ2n) is 1.73. The zero-order valence-corrected chi connectivity index (χ0v) is 5.50. The number of hydrogen-bond donors (Lipinski definition) is 0. The molecule has 0 unspecified atom stereocenters. The van der Waals surface area contributed by atoms with Crippen LogP contribution in [0.4, 0.5) is 0 Å². The maximum atomic E-state index is 2.16. The lowest BCUT2D eigenvalue weighted by Crippen LogP contribution is -1.44. The van der Waals surface area contributed by atoms with E-state index in [1.165, 1.54) is 21.1 Å². The third-order valence-electron chi connectivity index (χ3n) is 0.918. The quantitative estimate of drug-likeness (QED) is 0.452. The summed E-state index contributed by atoms with van der Waals surface area (Å²) >= 11 is 1.41. The summed E-state index contributed by atoms with van der Waals surface area (Å²) in [5.41, 5.74) is 0. The second kappa shape index (κ2) is 1.66. The Morgan fingerprint density at radius 2 is 1.57 bits per heavy atom. The normalized spacial score (nSPS) is 9.43. The predicted molar refractivity (Wildman–Crippen MR) is 35.2 cm³/mol. The zero-order valence-electron chi connectivity index (χ0n) is 4.60. The van der Waals surface area contributed by atoms with Crippen molar-refractivity contribution in [3.8, 4) is 0 Å². The van der Waals surface area contributed by atoms with Gasteiger partial charge < -0.3 is 0 Å². The highest BCUT2D eigenvalue weighted by Gasteiger charge is 1.94. The summed E-state index contributed by atoms with van der Waals surface area (Å²) in [6.45, 7) is 4.29. The molecule has 1 heterocycles. The van der Waals surface area contributed by atoms with Gasteiger partial charge in [-0.1, -0.05) is 0 Å². The van der Waals surface area contributed by atoms with Gasteiger partial charge in [0.05, 0.1) is 0 Å². The summed E-state index contributed by atoms with van der Waals surface area (Å²) in [7, 11) is 0. The lowest BCUT2D eigenvalue weighted by molar-refractivity contribution is 1.61. The molecule has 0 aromatic carbocycles. The topological polar surface area (TPSA) is 0 Å². The number of rotatable bonds is 0. The van der Waals surface area contributed by atoms with Crippen LogP contribution < -0.4 is 0 Å². The molecule has 0 fully saturated rings. The van der Waals surface area contributed by atoms with Crippen LogP contribution in [-0.2, 0) is 0 Å². The van der Waals surface area contributed by atoms with E-state index in [0.29, 0.717) is 0 Å². The number of hydrogen-bond acceptors (Lipinski definition) is 0. The molecule has 0 spiro atoms. The molecule has 38 valence electrons. The van der Waals surface area contributed by atoms with Gasteiger partial charge in [0.2, 0.25) is 0 Å². The van der Waals surface area contributed by atoms with Crippen LogP contribution in [0.1, 0.15) is 9.75 Å². The lowest BCUT2D eigenvalue weighted by Gasteiger charge is -1.60. The average Bonchev–Trinajstić information content (AvgIpc) is 1.87. The van der Waals surface area contributed by atoms with Gasteiger partial charge in [0, 0.05) is 13.8 Å². The zero-order chi connectivity index (χ0) is 5.28. The largest absolute Gasteiger partial charge is 0.145 e. The minimum atomic E-state index is 1.41. The summed E-state index contributed by atoms with van der Waals surface area (Å²) in [6, 6.07) is 4.33. The molecule has 0 saturated heterocycles. The predicted octanol–water partition coefficient (Wildman–Crippen LogP) is 2.10. The number of aryl methyl sites for hydroxylation is 2. The van der Waals surface area contributed by atoms with E-state index < -0.39 is 0 Å². The summed E-state index contributed by atoms with van der Waals surface area (Å²) in [5.74, 6) is 0. The van der Waals surface area contributed by atoms with Gasteiger partial charge in [-0.3, -0.25) is 0 Å². The molecule has 0 aliphatic carbocycles. The van der Waals surface area contributed by atoms with E-state index in [4.69, 9.17) is 0 Å². The van der Waals surface area contributed by atoms with Gasteiger partial charge in [-0.05, 0) is 23.5 Å². The van der Waals surface area contributed by atoms with Crippen molar-refractivity contribution in [1.29, 1.82) is 0 Å². The molecule has 0 nitrogen and oxygen atoms in total. The van der Waals surface area contributed by atoms with Crippen LogP contribution in [0.5, 0.6) is 0 Å². The van der Waals surface area contributed by atoms with Crippen LogP contribution in [0, 0.1) is 13.8 Å². The summed E-state index contributed by atoms with van der Waals surface area (Å²) < 4.78 is 0. The molecule has 1 rings (SSSR count). The molecule has 1 heteroatoms. The van der Waals surface area contributed by atoms with E-state index in [-0.39, 0.29) is 0 Å². The number of thiophene rings is 1. The van der Waals surface area contributed by atoms with Crippen molar-refractivity contribution in [2.45, 2.75) is 13.8 Å². The van der Waals surface area contributed by atoms with Gasteiger partial charge in [0.1, 0.15) is 9.75 Å². The maximum absolute atomic E-state index is 2.16. The SMILES string of the molecule is Cc1ccc(C)[sH+]1. The molecular weight excluding hydrogens is 104 g/mol. The summed E-state index contributed by atoms with van der Waals surface area (Å²) in [5, 5.41) is 0. The molecule has 0 bridgehead atoms. The molecule has 0 amide bonds. The van der Waals surface area contributed by atoms with Gasteiger partial charge in [-0.15, -0.1) is 0 Å². The van der Waals surface area contributed by atoms with Crippen molar-refractivity contribution in [3.63, 3.8) is 0 Å². The Labute approximate surface area is 47.8 Å². The second-order valence-corrected chi connectivity index (χ2v) is 3.36. The van der Waals surface area contributed by atoms with Gasteiger partial charge in [0.25, 0.3) is 0 Å². The molecule has 0 saturated carbocycles. The van der Waals surface area contributed by atoms with Crippen LogP contribution in [0.25, 0.3) is 0 Å². The van der Waals surface area contributed by atoms with Gasteiger partial charge >= 0.3 is 0 Å². The Bertz CT molecular complexity index is 136. The van der Waals surface area contributed by atoms with E-state index in [1.54, 1.807) is 0 Å². The molecule has 0 radical (unpaired) electrons. The van der Waals surface area contributed by atoms with Crippen molar-refractivity contribution in [2.75, 3.05) is 0 Å². The molecule has 7 heavy (non-hydrogen) atoms. The Kier molecular flexibility index (Phi) is 1.15. The molecular formula is C6H9S+.